The molecule has 1 fully saturated rings. The van der Waals surface area contributed by atoms with E-state index in [1.54, 1.807) is 12.1 Å². The van der Waals surface area contributed by atoms with Crippen LogP contribution in [0.2, 0.25) is 5.02 Å². The van der Waals surface area contributed by atoms with E-state index in [1.807, 2.05) is 4.90 Å². The maximum atomic E-state index is 12.7. The van der Waals surface area contributed by atoms with E-state index in [0.717, 1.165) is 11.6 Å². The number of nitro benzene ring substituents is 1. The van der Waals surface area contributed by atoms with Gasteiger partial charge in [0.05, 0.1) is 4.92 Å². The van der Waals surface area contributed by atoms with E-state index >= 15 is 0 Å². The van der Waals surface area contributed by atoms with Crippen molar-refractivity contribution in [3.05, 3.63) is 68.7 Å². The van der Waals surface area contributed by atoms with E-state index in [9.17, 15) is 28.1 Å². The summed E-state index contributed by atoms with van der Waals surface area (Å²) in [6, 6.07) is 9.54. The van der Waals surface area contributed by atoms with Gasteiger partial charge in [0.25, 0.3) is 11.6 Å². The molecule has 0 aromatic heterocycles. The van der Waals surface area contributed by atoms with Crippen molar-refractivity contribution >= 4 is 23.2 Å². The van der Waals surface area contributed by atoms with Crippen molar-refractivity contribution in [1.82, 2.24) is 9.80 Å². The van der Waals surface area contributed by atoms with Crippen molar-refractivity contribution < 1.29 is 27.6 Å². The van der Waals surface area contributed by atoms with E-state index in [0.29, 0.717) is 32.7 Å². The Kier molecular flexibility index (Phi) is 6.47. The topological polar surface area (TPSA) is 75.9 Å². The average molecular weight is 444 g/mol. The molecule has 1 aliphatic heterocycles. The minimum Gasteiger partial charge on any atom is -0.406 e. The van der Waals surface area contributed by atoms with E-state index in [-0.39, 0.29) is 22.0 Å². The van der Waals surface area contributed by atoms with Gasteiger partial charge in [0.1, 0.15) is 11.3 Å². The minimum atomic E-state index is -4.73. The van der Waals surface area contributed by atoms with Crippen LogP contribution >= 0.6 is 11.6 Å². The van der Waals surface area contributed by atoms with Crippen molar-refractivity contribution in [3.63, 3.8) is 0 Å². The van der Waals surface area contributed by atoms with Crippen molar-refractivity contribution in [2.24, 2.45) is 0 Å². The molecule has 0 bridgehead atoms. The number of alkyl halides is 3. The van der Waals surface area contributed by atoms with Crippen molar-refractivity contribution in [2.45, 2.75) is 12.9 Å². The molecule has 30 heavy (non-hydrogen) atoms. The number of nitro groups is 1. The Hall–Kier alpha value is -2.85. The zero-order valence-corrected chi connectivity index (χ0v) is 16.3. The highest BCUT2D eigenvalue weighted by Crippen LogP contribution is 2.26. The summed E-state index contributed by atoms with van der Waals surface area (Å²) in [5.74, 6) is -0.724. The minimum absolute atomic E-state index is 0.0156. The first-order valence-electron chi connectivity index (χ1n) is 8.92. The molecule has 0 atom stereocenters. The lowest BCUT2D eigenvalue weighted by Crippen LogP contribution is -2.48. The predicted molar refractivity (Wildman–Crippen MR) is 102 cm³/mol. The summed E-state index contributed by atoms with van der Waals surface area (Å²) in [5.41, 5.74) is 0.451. The van der Waals surface area contributed by atoms with E-state index < -0.39 is 17.2 Å². The van der Waals surface area contributed by atoms with E-state index in [2.05, 4.69) is 4.74 Å². The number of benzene rings is 2. The third-order valence-corrected chi connectivity index (χ3v) is 4.84. The third-order valence-electron chi connectivity index (χ3n) is 4.61. The zero-order valence-electron chi connectivity index (χ0n) is 15.6. The molecule has 3 rings (SSSR count). The standard InChI is InChI=1S/C19H17ClF3N3O4/c20-14-3-6-16(17(11-14)26(28)29)18(27)25-9-7-24(8-10-25)12-13-1-4-15(5-2-13)30-19(21,22)23/h1-6,11H,7-10,12H2. The van der Waals surface area contributed by atoms with Gasteiger partial charge >= 0.3 is 6.36 Å². The molecule has 0 spiro atoms. The summed E-state index contributed by atoms with van der Waals surface area (Å²) in [5, 5.41) is 11.4. The maximum Gasteiger partial charge on any atom is 0.573 e. The molecule has 1 heterocycles. The van der Waals surface area contributed by atoms with Crippen LogP contribution in [0, 0.1) is 10.1 Å². The van der Waals surface area contributed by atoms with Crippen LogP contribution in [-0.4, -0.2) is 53.2 Å². The van der Waals surface area contributed by atoms with Gasteiger partial charge in [-0.15, -0.1) is 13.2 Å². The number of hydrogen-bond acceptors (Lipinski definition) is 5. The van der Waals surface area contributed by atoms with Gasteiger partial charge in [-0.05, 0) is 29.8 Å². The van der Waals surface area contributed by atoms with Crippen molar-refractivity contribution in [2.75, 3.05) is 26.2 Å². The van der Waals surface area contributed by atoms with Gasteiger partial charge in [-0.25, -0.2) is 0 Å². The van der Waals surface area contributed by atoms with E-state index in [1.165, 1.54) is 29.2 Å². The summed E-state index contributed by atoms with van der Waals surface area (Å²) in [7, 11) is 0. The highest BCUT2D eigenvalue weighted by molar-refractivity contribution is 6.31. The number of ether oxygens (including phenoxy) is 1. The number of amides is 1. The normalized spacial score (nSPS) is 15.1. The summed E-state index contributed by atoms with van der Waals surface area (Å²) in [6.45, 7) is 2.28. The van der Waals surface area contributed by atoms with Crippen molar-refractivity contribution in [3.8, 4) is 5.75 Å². The number of rotatable bonds is 5. The Morgan fingerprint density at radius 2 is 1.73 bits per heavy atom. The molecule has 0 aliphatic carbocycles. The van der Waals surface area contributed by atoms with Crippen LogP contribution in [-0.2, 0) is 6.54 Å². The van der Waals surface area contributed by atoms with E-state index in [4.69, 9.17) is 11.6 Å². The lowest BCUT2D eigenvalue weighted by Gasteiger charge is -2.34. The highest BCUT2D eigenvalue weighted by atomic mass is 35.5. The molecule has 0 radical (unpaired) electrons. The average Bonchev–Trinajstić information content (AvgIpc) is 2.68. The Morgan fingerprint density at radius 1 is 1.10 bits per heavy atom. The van der Waals surface area contributed by atoms with Crippen LogP contribution in [0.3, 0.4) is 0 Å². The third kappa shape index (κ3) is 5.61. The van der Waals surface area contributed by atoms with Gasteiger partial charge in [0, 0.05) is 43.8 Å². The van der Waals surface area contributed by atoms with Gasteiger partial charge in [-0.2, -0.15) is 0 Å². The molecule has 0 N–H and O–H groups in total. The molecule has 1 aliphatic rings. The molecular weight excluding hydrogens is 427 g/mol. The zero-order chi connectivity index (χ0) is 21.9. The summed E-state index contributed by atoms with van der Waals surface area (Å²) < 4.78 is 40.5. The second-order valence-electron chi connectivity index (χ2n) is 6.68. The summed E-state index contributed by atoms with van der Waals surface area (Å²) in [6.07, 6.45) is -4.73. The van der Waals surface area contributed by atoms with Crippen LogP contribution in [0.25, 0.3) is 0 Å². The number of halogens is 4. The summed E-state index contributed by atoms with van der Waals surface area (Å²) in [4.78, 5) is 26.9. The number of carbonyl (C=O) groups is 1. The smallest absolute Gasteiger partial charge is 0.406 e. The van der Waals surface area contributed by atoms with Crippen LogP contribution < -0.4 is 4.74 Å². The number of hydrogen-bond donors (Lipinski definition) is 0. The van der Waals surface area contributed by atoms with Crippen LogP contribution in [0.5, 0.6) is 5.75 Å². The van der Waals surface area contributed by atoms with Gasteiger partial charge < -0.3 is 9.64 Å². The first-order chi connectivity index (χ1) is 14.1. The van der Waals surface area contributed by atoms with Crippen molar-refractivity contribution in [1.29, 1.82) is 0 Å². The molecule has 2 aromatic rings. The largest absolute Gasteiger partial charge is 0.573 e. The lowest BCUT2D eigenvalue weighted by atomic mass is 10.1. The Morgan fingerprint density at radius 3 is 2.30 bits per heavy atom. The fraction of sp³-hybridized carbons (Fsp3) is 0.316. The number of carbonyl (C=O) groups excluding carboxylic acids is 1. The molecule has 0 unspecified atom stereocenters. The number of nitrogens with zero attached hydrogens (tertiary/aromatic N) is 3. The van der Waals surface area contributed by atoms with Gasteiger partial charge in [0.15, 0.2) is 0 Å². The molecule has 0 saturated carbocycles. The second-order valence-corrected chi connectivity index (χ2v) is 7.12. The van der Waals surface area contributed by atoms with Gasteiger partial charge in [-0.1, -0.05) is 23.7 Å². The Balaban J connectivity index is 1.57. The van der Waals surface area contributed by atoms with Crippen LogP contribution in [0.15, 0.2) is 42.5 Å². The quantitative estimate of drug-likeness (QED) is 0.513. The maximum absolute atomic E-state index is 12.7. The SMILES string of the molecule is O=C(c1ccc(Cl)cc1[N+](=O)[O-])N1CCN(Cc2ccc(OC(F)(F)F)cc2)CC1. The highest BCUT2D eigenvalue weighted by Gasteiger charge is 2.31. The molecule has 160 valence electrons. The summed E-state index contributed by atoms with van der Waals surface area (Å²) >= 11 is 5.79. The molecule has 11 heteroatoms. The lowest BCUT2D eigenvalue weighted by molar-refractivity contribution is -0.385. The van der Waals surface area contributed by atoms with Gasteiger partial charge in [-0.3, -0.25) is 19.8 Å². The molecule has 7 nitrogen and oxygen atoms in total. The monoisotopic (exact) mass is 443 g/mol. The second kappa shape index (κ2) is 8.88. The molecule has 2 aromatic carbocycles. The molecule has 1 amide bonds. The van der Waals surface area contributed by atoms with Gasteiger partial charge in [0.2, 0.25) is 0 Å². The first kappa shape index (κ1) is 21.8. The van der Waals surface area contributed by atoms with Crippen LogP contribution in [0.1, 0.15) is 15.9 Å². The fourth-order valence-corrected chi connectivity index (χ4v) is 3.34. The Labute approximate surface area is 174 Å². The predicted octanol–water partition coefficient (Wildman–Crippen LogP) is 4.10. The molecule has 1 saturated heterocycles. The van der Waals surface area contributed by atoms with Crippen LogP contribution in [0.4, 0.5) is 18.9 Å². The first-order valence-corrected chi connectivity index (χ1v) is 9.30. The fourth-order valence-electron chi connectivity index (χ4n) is 3.17. The number of piperazine rings is 1. The molecular formula is C19H17ClF3N3O4. The Bertz CT molecular complexity index is 930.